The molecule has 0 saturated carbocycles. The van der Waals surface area contributed by atoms with Gasteiger partial charge in [-0.1, -0.05) is 42.5 Å². The lowest BCUT2D eigenvalue weighted by atomic mass is 10.1. The molecular weight excluding hydrogens is 260 g/mol. The van der Waals surface area contributed by atoms with Crippen LogP contribution >= 0.6 is 12.2 Å². The van der Waals surface area contributed by atoms with Crippen LogP contribution in [0.25, 0.3) is 0 Å². The van der Waals surface area contributed by atoms with E-state index < -0.39 is 0 Å². The Morgan fingerprint density at radius 2 is 2.16 bits per heavy atom. The Bertz CT molecular complexity index is 450. The largest absolute Gasteiger partial charge is 0.391 e. The van der Waals surface area contributed by atoms with E-state index in [0.717, 1.165) is 6.42 Å². The highest BCUT2D eigenvalue weighted by atomic mass is 32.1. The lowest BCUT2D eigenvalue weighted by Gasteiger charge is -2.32. The first-order chi connectivity index (χ1) is 9.16. The number of morpholine rings is 1. The summed E-state index contributed by atoms with van der Waals surface area (Å²) in [4.78, 5) is 14.2. The number of nitrogens with two attached hydrogens (primary N) is 1. The number of aryl methyl sites for hydroxylation is 1. The summed E-state index contributed by atoms with van der Waals surface area (Å²) in [6.45, 7) is 1.59. The molecule has 1 aliphatic heterocycles. The Morgan fingerprint density at radius 3 is 2.84 bits per heavy atom. The van der Waals surface area contributed by atoms with Crippen LogP contribution in [0.2, 0.25) is 0 Å². The molecule has 0 spiro atoms. The van der Waals surface area contributed by atoms with Crippen LogP contribution < -0.4 is 5.73 Å². The molecule has 0 radical (unpaired) electrons. The molecule has 2 N–H and O–H groups in total. The van der Waals surface area contributed by atoms with Crippen LogP contribution in [0.3, 0.4) is 0 Å². The number of nitrogens with zero attached hydrogens (tertiary/aromatic N) is 1. The fourth-order valence-electron chi connectivity index (χ4n) is 2.10. The maximum absolute atomic E-state index is 12.1. The minimum absolute atomic E-state index is 0.133. The monoisotopic (exact) mass is 278 g/mol. The van der Waals surface area contributed by atoms with Gasteiger partial charge in [0.1, 0.15) is 11.1 Å². The first-order valence-corrected chi connectivity index (χ1v) is 6.80. The summed E-state index contributed by atoms with van der Waals surface area (Å²) in [6.07, 6.45) is 0.965. The zero-order chi connectivity index (χ0) is 13.7. The van der Waals surface area contributed by atoms with E-state index >= 15 is 0 Å². The third-order valence-electron chi connectivity index (χ3n) is 3.21. The molecule has 5 heteroatoms. The molecule has 1 aromatic rings. The van der Waals surface area contributed by atoms with Crippen molar-refractivity contribution in [2.75, 3.05) is 19.7 Å². The standard InChI is InChI=1S/C14H18N2O2S/c15-14(19)12-10-16(8-9-18-12)13(17)7-6-11-4-2-1-3-5-11/h1-5,12H,6-10H2,(H2,15,19). The van der Waals surface area contributed by atoms with Gasteiger partial charge in [0.25, 0.3) is 0 Å². The molecule has 19 heavy (non-hydrogen) atoms. The molecule has 1 aliphatic rings. The number of carbonyl (C=O) groups excluding carboxylic acids is 1. The Labute approximate surface area is 118 Å². The van der Waals surface area contributed by atoms with Gasteiger partial charge in [0.15, 0.2) is 0 Å². The van der Waals surface area contributed by atoms with Gasteiger partial charge in [0, 0.05) is 13.0 Å². The molecule has 1 unspecified atom stereocenters. The first kappa shape index (κ1) is 14.0. The number of carbonyl (C=O) groups is 1. The Morgan fingerprint density at radius 1 is 1.42 bits per heavy atom. The van der Waals surface area contributed by atoms with Crippen LogP contribution in [0.1, 0.15) is 12.0 Å². The average Bonchev–Trinajstić information content (AvgIpc) is 2.46. The highest BCUT2D eigenvalue weighted by molar-refractivity contribution is 7.80. The summed E-state index contributed by atoms with van der Waals surface area (Å²) >= 11 is 4.91. The summed E-state index contributed by atoms with van der Waals surface area (Å²) in [5.74, 6) is 0.133. The Balaban J connectivity index is 1.84. The lowest BCUT2D eigenvalue weighted by molar-refractivity contribution is -0.136. The van der Waals surface area contributed by atoms with Gasteiger partial charge in [-0.2, -0.15) is 0 Å². The van der Waals surface area contributed by atoms with Gasteiger partial charge >= 0.3 is 0 Å². The second-order valence-electron chi connectivity index (χ2n) is 4.59. The number of thiocarbonyl (C=S) groups is 1. The topological polar surface area (TPSA) is 55.6 Å². The van der Waals surface area contributed by atoms with E-state index in [9.17, 15) is 4.79 Å². The third-order valence-corrected chi connectivity index (χ3v) is 3.47. The molecule has 1 atom stereocenters. The van der Waals surface area contributed by atoms with Gasteiger partial charge in [-0.05, 0) is 12.0 Å². The molecule has 2 rings (SSSR count). The number of amides is 1. The van der Waals surface area contributed by atoms with Crippen LogP contribution in [-0.2, 0) is 16.0 Å². The van der Waals surface area contributed by atoms with E-state index in [1.807, 2.05) is 30.3 Å². The minimum Gasteiger partial charge on any atom is -0.391 e. The quantitative estimate of drug-likeness (QED) is 0.839. The van der Waals surface area contributed by atoms with Crippen molar-refractivity contribution >= 4 is 23.1 Å². The maximum atomic E-state index is 12.1. The van der Waals surface area contributed by atoms with Crippen LogP contribution in [0.4, 0.5) is 0 Å². The van der Waals surface area contributed by atoms with Crippen molar-refractivity contribution in [2.24, 2.45) is 5.73 Å². The van der Waals surface area contributed by atoms with Crippen LogP contribution in [0.15, 0.2) is 30.3 Å². The summed E-state index contributed by atoms with van der Waals surface area (Å²) < 4.78 is 5.42. The van der Waals surface area contributed by atoms with Gasteiger partial charge in [-0.25, -0.2) is 0 Å². The summed E-state index contributed by atoms with van der Waals surface area (Å²) in [7, 11) is 0. The van der Waals surface area contributed by atoms with Gasteiger partial charge in [0.2, 0.25) is 5.91 Å². The van der Waals surface area contributed by atoms with E-state index in [1.54, 1.807) is 4.90 Å². The Kier molecular flexibility index (Phi) is 4.87. The molecule has 1 heterocycles. The van der Waals surface area contributed by atoms with Crippen LogP contribution in [0, 0.1) is 0 Å². The fourth-order valence-corrected chi connectivity index (χ4v) is 2.24. The molecule has 4 nitrogen and oxygen atoms in total. The first-order valence-electron chi connectivity index (χ1n) is 6.39. The van der Waals surface area contributed by atoms with E-state index in [1.165, 1.54) is 5.56 Å². The van der Waals surface area contributed by atoms with Crippen molar-refractivity contribution in [3.05, 3.63) is 35.9 Å². The average molecular weight is 278 g/mol. The number of rotatable bonds is 4. The van der Waals surface area contributed by atoms with Crippen LogP contribution in [0.5, 0.6) is 0 Å². The Hall–Kier alpha value is -1.46. The zero-order valence-electron chi connectivity index (χ0n) is 10.7. The maximum Gasteiger partial charge on any atom is 0.223 e. The fraction of sp³-hybridized carbons (Fsp3) is 0.429. The van der Waals surface area contributed by atoms with Crippen molar-refractivity contribution in [3.63, 3.8) is 0 Å². The van der Waals surface area contributed by atoms with E-state index in [2.05, 4.69) is 0 Å². The predicted molar refractivity (Wildman–Crippen MR) is 77.9 cm³/mol. The molecule has 0 bridgehead atoms. The van der Waals surface area contributed by atoms with Gasteiger partial charge in [-0.3, -0.25) is 4.79 Å². The molecule has 1 saturated heterocycles. The van der Waals surface area contributed by atoms with Crippen molar-refractivity contribution in [2.45, 2.75) is 18.9 Å². The number of hydrogen-bond acceptors (Lipinski definition) is 3. The minimum atomic E-state index is -0.301. The molecule has 0 aromatic heterocycles. The van der Waals surface area contributed by atoms with E-state index in [-0.39, 0.29) is 12.0 Å². The summed E-state index contributed by atoms with van der Waals surface area (Å²) in [5.41, 5.74) is 6.74. The normalized spacial score (nSPS) is 19.2. The zero-order valence-corrected chi connectivity index (χ0v) is 11.6. The highest BCUT2D eigenvalue weighted by Crippen LogP contribution is 2.09. The highest BCUT2D eigenvalue weighted by Gasteiger charge is 2.25. The molecule has 102 valence electrons. The molecular formula is C14H18N2O2S. The second kappa shape index (κ2) is 6.63. The van der Waals surface area contributed by atoms with Crippen molar-refractivity contribution in [3.8, 4) is 0 Å². The summed E-state index contributed by atoms with van der Waals surface area (Å²) in [5, 5.41) is 0. The van der Waals surface area contributed by atoms with Gasteiger partial charge in [0.05, 0.1) is 13.2 Å². The SMILES string of the molecule is NC(=S)C1CN(C(=O)CCc2ccccc2)CCO1. The lowest BCUT2D eigenvalue weighted by Crippen LogP contribution is -2.49. The molecule has 1 fully saturated rings. The number of ether oxygens (including phenoxy) is 1. The van der Waals surface area contributed by atoms with Crippen molar-refractivity contribution < 1.29 is 9.53 Å². The molecule has 1 aromatic carbocycles. The molecule has 1 amide bonds. The summed E-state index contributed by atoms with van der Waals surface area (Å²) in [6, 6.07) is 10.0. The van der Waals surface area contributed by atoms with Crippen molar-refractivity contribution in [1.82, 2.24) is 4.90 Å². The van der Waals surface area contributed by atoms with E-state index in [0.29, 0.717) is 31.1 Å². The number of benzene rings is 1. The van der Waals surface area contributed by atoms with Crippen molar-refractivity contribution in [1.29, 1.82) is 0 Å². The smallest absolute Gasteiger partial charge is 0.223 e. The van der Waals surface area contributed by atoms with E-state index in [4.69, 9.17) is 22.7 Å². The molecule has 0 aliphatic carbocycles. The number of hydrogen-bond donors (Lipinski definition) is 1. The second-order valence-corrected chi connectivity index (χ2v) is 5.06. The third kappa shape index (κ3) is 4.01. The predicted octanol–water partition coefficient (Wildman–Crippen LogP) is 1.13. The van der Waals surface area contributed by atoms with Gasteiger partial charge < -0.3 is 15.4 Å². The van der Waals surface area contributed by atoms with Crippen LogP contribution in [-0.4, -0.2) is 41.6 Å². The van der Waals surface area contributed by atoms with Gasteiger partial charge in [-0.15, -0.1) is 0 Å².